The number of fused-ring (bicyclic) bond motifs is 1. The highest BCUT2D eigenvalue weighted by Crippen LogP contribution is 2.61. The van der Waals surface area contributed by atoms with Crippen LogP contribution >= 0.6 is 0 Å². The van der Waals surface area contributed by atoms with Crippen LogP contribution < -0.4 is 0 Å². The molecule has 0 aliphatic heterocycles. The summed E-state index contributed by atoms with van der Waals surface area (Å²) in [4.78, 5) is 26.2. The van der Waals surface area contributed by atoms with E-state index < -0.39 is 5.41 Å². The smallest absolute Gasteiger partial charge is 0.160 e. The minimum absolute atomic E-state index is 0.0322. The van der Waals surface area contributed by atoms with Gasteiger partial charge in [0.15, 0.2) is 5.78 Å². The molecule has 3 aromatic rings. The van der Waals surface area contributed by atoms with E-state index >= 15 is 0 Å². The van der Waals surface area contributed by atoms with E-state index in [0.717, 1.165) is 17.5 Å². The van der Waals surface area contributed by atoms with Crippen LogP contribution in [0.5, 0.6) is 0 Å². The Labute approximate surface area is 198 Å². The summed E-state index contributed by atoms with van der Waals surface area (Å²) in [5.41, 5.74) is 4.18. The van der Waals surface area contributed by atoms with Crippen molar-refractivity contribution in [2.45, 2.75) is 64.2 Å². The van der Waals surface area contributed by atoms with Gasteiger partial charge >= 0.3 is 0 Å². The number of Topliss-reactive ketones (excluding diaryl/α,β-unsaturated/α-hetero) is 2. The highest BCUT2D eigenvalue weighted by atomic mass is 16.1. The van der Waals surface area contributed by atoms with E-state index in [1.807, 2.05) is 30.3 Å². The Bertz CT molecular complexity index is 1210. The van der Waals surface area contributed by atoms with Gasteiger partial charge in [0.2, 0.25) is 0 Å². The maximum atomic E-state index is 13.5. The lowest BCUT2D eigenvalue weighted by atomic mass is 9.58. The van der Waals surface area contributed by atoms with Crippen molar-refractivity contribution < 1.29 is 9.59 Å². The normalized spacial score (nSPS) is 24.4. The summed E-state index contributed by atoms with van der Waals surface area (Å²) in [6.45, 7) is 12.3. The number of carbonyl (C=O) groups is 2. The molecule has 2 heteroatoms. The van der Waals surface area contributed by atoms with E-state index in [2.05, 4.69) is 76.2 Å². The molecule has 0 heterocycles. The van der Waals surface area contributed by atoms with Gasteiger partial charge in [-0.2, -0.15) is 0 Å². The molecule has 0 amide bonds. The fourth-order valence-electron chi connectivity index (χ4n) is 6.89. The van der Waals surface area contributed by atoms with E-state index in [9.17, 15) is 9.59 Å². The van der Waals surface area contributed by atoms with Crippen LogP contribution in [-0.2, 0) is 21.0 Å². The summed E-state index contributed by atoms with van der Waals surface area (Å²) in [7, 11) is 0. The predicted molar refractivity (Wildman–Crippen MR) is 135 cm³/mol. The van der Waals surface area contributed by atoms with Crippen molar-refractivity contribution in [3.05, 3.63) is 107 Å². The molecule has 3 atom stereocenters. The second kappa shape index (κ2) is 8.09. The van der Waals surface area contributed by atoms with Gasteiger partial charge in [0.25, 0.3) is 0 Å². The van der Waals surface area contributed by atoms with Gasteiger partial charge in [0.1, 0.15) is 5.78 Å². The lowest BCUT2D eigenvalue weighted by Gasteiger charge is -2.43. The molecule has 3 unspecified atom stereocenters. The van der Waals surface area contributed by atoms with Crippen molar-refractivity contribution in [1.82, 2.24) is 0 Å². The molecule has 3 aromatic carbocycles. The SMILES string of the molecule is CC(=O)c1ccccc1C1(C)c2ccccc2C(C)(CC(C)(C)c2ccccc2)C1C(C)=O. The Morgan fingerprint density at radius 3 is 1.85 bits per heavy atom. The number of ketones is 2. The molecule has 0 aromatic heterocycles. The van der Waals surface area contributed by atoms with Crippen LogP contribution in [0.2, 0.25) is 0 Å². The third-order valence-electron chi connectivity index (χ3n) is 7.95. The Hall–Kier alpha value is -3.00. The van der Waals surface area contributed by atoms with Crippen LogP contribution in [-0.4, -0.2) is 11.6 Å². The maximum Gasteiger partial charge on any atom is 0.160 e. The molecule has 0 saturated heterocycles. The monoisotopic (exact) mass is 438 g/mol. The molecular weight excluding hydrogens is 404 g/mol. The molecule has 0 saturated carbocycles. The first-order valence-corrected chi connectivity index (χ1v) is 11.8. The molecule has 33 heavy (non-hydrogen) atoms. The second-order valence-electron chi connectivity index (χ2n) is 10.7. The molecule has 2 nitrogen and oxygen atoms in total. The highest BCUT2D eigenvalue weighted by molar-refractivity contribution is 5.97. The fraction of sp³-hybridized carbons (Fsp3) is 0.355. The minimum atomic E-state index is -0.591. The Morgan fingerprint density at radius 1 is 0.758 bits per heavy atom. The molecule has 0 radical (unpaired) electrons. The average molecular weight is 439 g/mol. The topological polar surface area (TPSA) is 34.1 Å². The Balaban J connectivity index is 1.98. The van der Waals surface area contributed by atoms with Crippen molar-refractivity contribution in [2.75, 3.05) is 0 Å². The summed E-state index contributed by atoms with van der Waals surface area (Å²) in [5.74, 6) is -0.0888. The quantitative estimate of drug-likeness (QED) is 0.387. The molecule has 0 fully saturated rings. The molecule has 0 bridgehead atoms. The lowest BCUT2D eigenvalue weighted by Crippen LogP contribution is -2.46. The zero-order valence-corrected chi connectivity index (χ0v) is 20.6. The molecular formula is C31H34O2. The molecule has 4 rings (SSSR count). The van der Waals surface area contributed by atoms with Gasteiger partial charge in [-0.1, -0.05) is 107 Å². The minimum Gasteiger partial charge on any atom is -0.300 e. The van der Waals surface area contributed by atoms with Gasteiger partial charge in [-0.3, -0.25) is 9.59 Å². The lowest BCUT2D eigenvalue weighted by molar-refractivity contribution is -0.124. The van der Waals surface area contributed by atoms with Crippen LogP contribution in [0.15, 0.2) is 78.9 Å². The van der Waals surface area contributed by atoms with Crippen molar-refractivity contribution in [1.29, 1.82) is 0 Å². The summed E-state index contributed by atoms with van der Waals surface area (Å²) >= 11 is 0. The van der Waals surface area contributed by atoms with Crippen molar-refractivity contribution in [3.63, 3.8) is 0 Å². The van der Waals surface area contributed by atoms with Gasteiger partial charge < -0.3 is 0 Å². The number of benzene rings is 3. The average Bonchev–Trinajstić information content (AvgIpc) is 2.98. The second-order valence-corrected chi connectivity index (χ2v) is 10.7. The third kappa shape index (κ3) is 3.57. The first-order chi connectivity index (χ1) is 15.5. The van der Waals surface area contributed by atoms with E-state index in [-0.39, 0.29) is 28.3 Å². The zero-order chi connectivity index (χ0) is 24.0. The first kappa shape index (κ1) is 23.2. The maximum absolute atomic E-state index is 13.5. The number of hydrogen-bond acceptors (Lipinski definition) is 2. The summed E-state index contributed by atoms with van der Waals surface area (Å²) < 4.78 is 0. The van der Waals surface area contributed by atoms with Crippen LogP contribution in [0.3, 0.4) is 0 Å². The van der Waals surface area contributed by atoms with E-state index in [4.69, 9.17) is 0 Å². The number of carbonyl (C=O) groups excluding carboxylic acids is 2. The van der Waals surface area contributed by atoms with Gasteiger partial charge in [-0.15, -0.1) is 0 Å². The first-order valence-electron chi connectivity index (χ1n) is 11.8. The summed E-state index contributed by atoms with van der Waals surface area (Å²) in [6, 6.07) is 26.9. The summed E-state index contributed by atoms with van der Waals surface area (Å²) in [6.07, 6.45) is 0.823. The van der Waals surface area contributed by atoms with Crippen molar-refractivity contribution in [2.24, 2.45) is 5.92 Å². The Morgan fingerprint density at radius 2 is 1.27 bits per heavy atom. The van der Waals surface area contributed by atoms with Gasteiger partial charge in [0.05, 0.1) is 0 Å². The van der Waals surface area contributed by atoms with Crippen LogP contribution in [0.4, 0.5) is 0 Å². The molecule has 170 valence electrons. The van der Waals surface area contributed by atoms with Crippen molar-refractivity contribution in [3.8, 4) is 0 Å². The molecule has 1 aliphatic rings. The van der Waals surface area contributed by atoms with E-state index in [1.54, 1.807) is 13.8 Å². The van der Waals surface area contributed by atoms with Gasteiger partial charge in [0, 0.05) is 22.3 Å². The summed E-state index contributed by atoms with van der Waals surface area (Å²) in [5, 5.41) is 0. The van der Waals surface area contributed by atoms with Crippen LogP contribution in [0.25, 0.3) is 0 Å². The molecule has 0 spiro atoms. The standard InChI is InChI=1S/C31H34O2/c1-21(32)24-16-10-11-17-25(24)31(6)27-19-13-12-18-26(27)30(5,28(31)22(2)33)20-29(3,4)23-14-8-7-9-15-23/h7-19,28H,20H2,1-6H3. The van der Waals surface area contributed by atoms with Crippen LogP contribution in [0.1, 0.15) is 80.6 Å². The molecule has 0 N–H and O–H groups in total. The van der Waals surface area contributed by atoms with Crippen LogP contribution in [0, 0.1) is 5.92 Å². The number of hydrogen-bond donors (Lipinski definition) is 0. The largest absolute Gasteiger partial charge is 0.300 e. The fourth-order valence-corrected chi connectivity index (χ4v) is 6.89. The third-order valence-corrected chi connectivity index (χ3v) is 7.95. The predicted octanol–water partition coefficient (Wildman–Crippen LogP) is 7.04. The highest BCUT2D eigenvalue weighted by Gasteiger charge is 2.59. The van der Waals surface area contributed by atoms with Gasteiger partial charge in [-0.05, 0) is 47.9 Å². The van der Waals surface area contributed by atoms with E-state index in [1.165, 1.54) is 11.1 Å². The van der Waals surface area contributed by atoms with Crippen molar-refractivity contribution >= 4 is 11.6 Å². The number of rotatable bonds is 6. The van der Waals surface area contributed by atoms with Gasteiger partial charge in [-0.25, -0.2) is 0 Å². The Kier molecular flexibility index (Phi) is 5.68. The van der Waals surface area contributed by atoms with E-state index in [0.29, 0.717) is 5.56 Å². The molecule has 1 aliphatic carbocycles. The zero-order valence-electron chi connectivity index (χ0n) is 20.6.